The average molecular weight is 707 g/mol. The SMILES string of the molecule is CCCCNC(=O)[C@@H](Cc1ccccc1)N(Cc1cccc(Br)c1)C(=O)CN(c1cc(C)ccc1OC)S(=O)(=O)c1ccccc1. The van der Waals surface area contributed by atoms with E-state index in [-0.39, 0.29) is 29.5 Å². The van der Waals surface area contributed by atoms with E-state index in [4.69, 9.17) is 4.74 Å². The standard InChI is InChI=1S/C36H40BrN3O5S/c1-4-5-21-38-36(42)33(24-28-13-8-6-9-14-28)39(25-29-15-12-16-30(37)23-29)35(41)26-40(32-22-27(2)19-20-34(32)45-3)46(43,44)31-17-10-7-11-18-31/h6-20,22-23,33H,4-5,21,24-26H2,1-3H3,(H,38,42)/t33-/m1/s1. The molecule has 0 aromatic heterocycles. The fourth-order valence-electron chi connectivity index (χ4n) is 5.12. The molecule has 0 spiro atoms. The zero-order valence-electron chi connectivity index (χ0n) is 26.4. The molecule has 0 aliphatic rings. The Morgan fingerprint density at radius 1 is 0.891 bits per heavy atom. The van der Waals surface area contributed by atoms with Crippen molar-refractivity contribution in [2.75, 3.05) is 24.5 Å². The minimum atomic E-state index is -4.24. The largest absolute Gasteiger partial charge is 0.495 e. The Kier molecular flexibility index (Phi) is 12.4. The lowest BCUT2D eigenvalue weighted by Crippen LogP contribution is -2.53. The van der Waals surface area contributed by atoms with Crippen LogP contribution in [-0.2, 0) is 32.6 Å². The molecule has 1 N–H and O–H groups in total. The number of ether oxygens (including phenoxy) is 1. The second kappa shape index (κ2) is 16.4. The number of carbonyl (C=O) groups excluding carboxylic acids is 2. The highest BCUT2D eigenvalue weighted by molar-refractivity contribution is 9.10. The number of carbonyl (C=O) groups is 2. The van der Waals surface area contributed by atoms with Crippen LogP contribution in [0.4, 0.5) is 5.69 Å². The van der Waals surface area contributed by atoms with Gasteiger partial charge in [0.15, 0.2) is 0 Å². The number of sulfonamides is 1. The van der Waals surface area contributed by atoms with Gasteiger partial charge in [0, 0.05) is 24.0 Å². The Bertz CT molecular complexity index is 1720. The van der Waals surface area contributed by atoms with E-state index < -0.39 is 28.5 Å². The number of nitrogens with one attached hydrogen (secondary N) is 1. The first kappa shape index (κ1) is 34.7. The number of aryl methyl sites for hydroxylation is 1. The van der Waals surface area contributed by atoms with Crippen LogP contribution in [0.5, 0.6) is 5.75 Å². The number of amides is 2. The zero-order valence-corrected chi connectivity index (χ0v) is 28.8. The van der Waals surface area contributed by atoms with Crippen LogP contribution >= 0.6 is 15.9 Å². The van der Waals surface area contributed by atoms with Crippen LogP contribution in [-0.4, -0.2) is 51.4 Å². The molecule has 4 aromatic carbocycles. The van der Waals surface area contributed by atoms with Crippen molar-refractivity contribution >= 4 is 43.5 Å². The molecule has 0 saturated carbocycles. The van der Waals surface area contributed by atoms with E-state index in [9.17, 15) is 18.0 Å². The predicted octanol–water partition coefficient (Wildman–Crippen LogP) is 6.52. The van der Waals surface area contributed by atoms with E-state index in [0.717, 1.165) is 38.3 Å². The van der Waals surface area contributed by atoms with E-state index >= 15 is 0 Å². The number of rotatable bonds is 15. The minimum Gasteiger partial charge on any atom is -0.495 e. The highest BCUT2D eigenvalue weighted by Gasteiger charge is 2.35. The van der Waals surface area contributed by atoms with Gasteiger partial charge in [0.25, 0.3) is 10.0 Å². The van der Waals surface area contributed by atoms with Crippen molar-refractivity contribution in [1.82, 2.24) is 10.2 Å². The third-order valence-electron chi connectivity index (χ3n) is 7.56. The van der Waals surface area contributed by atoms with Gasteiger partial charge in [0.2, 0.25) is 11.8 Å². The molecule has 0 heterocycles. The van der Waals surface area contributed by atoms with Gasteiger partial charge in [-0.15, -0.1) is 0 Å². The van der Waals surface area contributed by atoms with Gasteiger partial charge >= 0.3 is 0 Å². The van der Waals surface area contributed by atoms with Gasteiger partial charge in [0.1, 0.15) is 18.3 Å². The van der Waals surface area contributed by atoms with Crippen LogP contribution in [0.3, 0.4) is 0 Å². The fourth-order valence-corrected chi connectivity index (χ4v) is 7.00. The molecular weight excluding hydrogens is 666 g/mol. The lowest BCUT2D eigenvalue weighted by Gasteiger charge is -2.34. The minimum absolute atomic E-state index is 0.0306. The number of hydrogen-bond donors (Lipinski definition) is 1. The molecule has 8 nitrogen and oxygen atoms in total. The van der Waals surface area contributed by atoms with Crippen molar-refractivity contribution < 1.29 is 22.7 Å². The summed E-state index contributed by atoms with van der Waals surface area (Å²) in [5, 5.41) is 3.01. The summed E-state index contributed by atoms with van der Waals surface area (Å²) < 4.78 is 36.0. The van der Waals surface area contributed by atoms with Gasteiger partial charge in [-0.1, -0.05) is 96.0 Å². The predicted molar refractivity (Wildman–Crippen MR) is 185 cm³/mol. The Labute approximate surface area is 280 Å². The van der Waals surface area contributed by atoms with Gasteiger partial charge in [-0.3, -0.25) is 13.9 Å². The van der Waals surface area contributed by atoms with Crippen molar-refractivity contribution in [2.45, 2.75) is 50.6 Å². The van der Waals surface area contributed by atoms with Crippen molar-refractivity contribution in [3.63, 3.8) is 0 Å². The van der Waals surface area contributed by atoms with Crippen molar-refractivity contribution in [3.05, 3.63) is 124 Å². The topological polar surface area (TPSA) is 96.0 Å². The third-order valence-corrected chi connectivity index (χ3v) is 9.82. The highest BCUT2D eigenvalue weighted by Crippen LogP contribution is 2.34. The molecule has 46 heavy (non-hydrogen) atoms. The van der Waals surface area contributed by atoms with Crippen LogP contribution in [0.1, 0.15) is 36.5 Å². The fraction of sp³-hybridized carbons (Fsp3) is 0.278. The number of anilines is 1. The number of unbranched alkanes of at least 4 members (excludes halogenated alkanes) is 1. The summed E-state index contributed by atoms with van der Waals surface area (Å²) in [7, 11) is -2.78. The summed E-state index contributed by atoms with van der Waals surface area (Å²) in [6, 6.07) is 29.3. The molecule has 2 amide bonds. The van der Waals surface area contributed by atoms with Gasteiger partial charge in [-0.2, -0.15) is 0 Å². The van der Waals surface area contributed by atoms with Crippen LogP contribution in [0, 0.1) is 6.92 Å². The molecule has 1 atom stereocenters. The van der Waals surface area contributed by atoms with Crippen molar-refractivity contribution in [3.8, 4) is 5.75 Å². The Hall–Kier alpha value is -4.15. The van der Waals surface area contributed by atoms with Crippen LogP contribution in [0.2, 0.25) is 0 Å². The molecule has 0 saturated heterocycles. The highest BCUT2D eigenvalue weighted by atomic mass is 79.9. The summed E-state index contributed by atoms with van der Waals surface area (Å²) in [5.74, 6) is -0.532. The summed E-state index contributed by atoms with van der Waals surface area (Å²) in [4.78, 5) is 30.0. The maximum Gasteiger partial charge on any atom is 0.264 e. The molecule has 242 valence electrons. The molecule has 0 aliphatic carbocycles. The smallest absolute Gasteiger partial charge is 0.264 e. The molecule has 4 aromatic rings. The van der Waals surface area contributed by atoms with Crippen LogP contribution < -0.4 is 14.4 Å². The average Bonchev–Trinajstić information content (AvgIpc) is 3.06. The molecule has 0 unspecified atom stereocenters. The quantitative estimate of drug-likeness (QED) is 0.142. The van der Waals surface area contributed by atoms with Gasteiger partial charge in [-0.05, 0) is 66.4 Å². The van der Waals surface area contributed by atoms with E-state index in [1.54, 1.807) is 30.3 Å². The van der Waals surface area contributed by atoms with Crippen molar-refractivity contribution in [1.29, 1.82) is 0 Å². The van der Waals surface area contributed by atoms with Gasteiger partial charge in [-0.25, -0.2) is 8.42 Å². The summed E-state index contributed by atoms with van der Waals surface area (Å²) >= 11 is 3.51. The lowest BCUT2D eigenvalue weighted by molar-refractivity contribution is -0.140. The number of nitrogens with zero attached hydrogens (tertiary/aromatic N) is 2. The first-order chi connectivity index (χ1) is 22.1. The Balaban J connectivity index is 1.83. The first-order valence-electron chi connectivity index (χ1n) is 15.2. The summed E-state index contributed by atoms with van der Waals surface area (Å²) in [6.07, 6.45) is 1.94. The monoisotopic (exact) mass is 705 g/mol. The van der Waals surface area contributed by atoms with Gasteiger partial charge < -0.3 is 15.0 Å². The van der Waals surface area contributed by atoms with Crippen LogP contribution in [0.25, 0.3) is 0 Å². The zero-order chi connectivity index (χ0) is 33.1. The molecule has 0 fully saturated rings. The molecular formula is C36H40BrN3O5S. The maximum absolute atomic E-state index is 14.6. The van der Waals surface area contributed by atoms with Gasteiger partial charge in [0.05, 0.1) is 17.7 Å². The molecule has 0 radical (unpaired) electrons. The van der Waals surface area contributed by atoms with E-state index in [2.05, 4.69) is 21.2 Å². The van der Waals surface area contributed by atoms with Crippen LogP contribution in [0.15, 0.2) is 112 Å². The summed E-state index contributed by atoms with van der Waals surface area (Å²) in [6.45, 7) is 3.88. The summed E-state index contributed by atoms with van der Waals surface area (Å²) in [5.41, 5.74) is 2.68. The Morgan fingerprint density at radius 2 is 1.57 bits per heavy atom. The number of hydrogen-bond acceptors (Lipinski definition) is 5. The maximum atomic E-state index is 14.6. The van der Waals surface area contributed by atoms with E-state index in [1.165, 1.54) is 24.1 Å². The molecule has 0 bridgehead atoms. The van der Waals surface area contributed by atoms with E-state index in [0.29, 0.717) is 12.3 Å². The number of halogens is 1. The van der Waals surface area contributed by atoms with Crippen molar-refractivity contribution in [2.24, 2.45) is 0 Å². The molecule has 0 aliphatic heterocycles. The lowest BCUT2D eigenvalue weighted by atomic mass is 10.0. The molecule has 4 rings (SSSR count). The third kappa shape index (κ3) is 8.98. The second-order valence-corrected chi connectivity index (χ2v) is 13.8. The second-order valence-electron chi connectivity index (χ2n) is 11.0. The molecule has 10 heteroatoms. The Morgan fingerprint density at radius 3 is 2.22 bits per heavy atom. The first-order valence-corrected chi connectivity index (χ1v) is 17.4. The normalized spacial score (nSPS) is 11.8. The number of benzene rings is 4. The number of methoxy groups -OCH3 is 1. The van der Waals surface area contributed by atoms with E-state index in [1.807, 2.05) is 74.5 Å².